The standard InChI is InChI=1S/C9H11ClF4N2O2/c10-3-6(17)5-4-15-1-2-16(5)8(18)9(13,14)7(11)12/h5,7,15H,1-4H2. The van der Waals surface area contributed by atoms with Crippen LogP contribution in [0.1, 0.15) is 0 Å². The molecule has 9 heteroatoms. The first kappa shape index (κ1) is 15.2. The molecule has 0 bridgehead atoms. The van der Waals surface area contributed by atoms with E-state index in [4.69, 9.17) is 11.6 Å². The van der Waals surface area contributed by atoms with Gasteiger partial charge in [0.1, 0.15) is 6.04 Å². The second-order valence-corrected chi connectivity index (χ2v) is 4.01. The summed E-state index contributed by atoms with van der Waals surface area (Å²) in [5.74, 6) is -7.97. The Balaban J connectivity index is 2.90. The van der Waals surface area contributed by atoms with Crippen molar-refractivity contribution in [2.24, 2.45) is 0 Å². The van der Waals surface area contributed by atoms with E-state index in [9.17, 15) is 27.2 Å². The van der Waals surface area contributed by atoms with E-state index in [1.165, 1.54) is 0 Å². The zero-order chi connectivity index (χ0) is 13.9. The van der Waals surface area contributed by atoms with Crippen LogP contribution in [-0.4, -0.2) is 60.5 Å². The van der Waals surface area contributed by atoms with E-state index >= 15 is 0 Å². The Morgan fingerprint density at radius 3 is 2.56 bits per heavy atom. The number of nitrogens with one attached hydrogen (secondary N) is 1. The Labute approximate surface area is 105 Å². The number of hydrogen-bond donors (Lipinski definition) is 1. The highest BCUT2D eigenvalue weighted by atomic mass is 35.5. The van der Waals surface area contributed by atoms with Crippen LogP contribution in [0.2, 0.25) is 0 Å². The molecule has 0 aromatic rings. The van der Waals surface area contributed by atoms with Crippen molar-refractivity contribution in [3.05, 3.63) is 0 Å². The number of rotatable bonds is 4. The van der Waals surface area contributed by atoms with Gasteiger partial charge < -0.3 is 10.2 Å². The average molecular weight is 291 g/mol. The van der Waals surface area contributed by atoms with E-state index in [0.29, 0.717) is 4.90 Å². The number of Topliss-reactive ketones (excluding diaryl/α,β-unsaturated/α-hetero) is 1. The fraction of sp³-hybridized carbons (Fsp3) is 0.778. The summed E-state index contributed by atoms with van der Waals surface area (Å²) >= 11 is 5.28. The number of halogens is 5. The number of hydrogen-bond acceptors (Lipinski definition) is 3. The van der Waals surface area contributed by atoms with Gasteiger partial charge in [-0.3, -0.25) is 9.59 Å². The molecule has 1 atom stereocenters. The van der Waals surface area contributed by atoms with Crippen LogP contribution >= 0.6 is 11.6 Å². The maximum Gasteiger partial charge on any atom is 0.383 e. The number of nitrogens with zero attached hydrogens (tertiary/aromatic N) is 1. The molecule has 104 valence electrons. The van der Waals surface area contributed by atoms with E-state index in [1.807, 2.05) is 0 Å². The van der Waals surface area contributed by atoms with E-state index in [0.717, 1.165) is 0 Å². The van der Waals surface area contributed by atoms with E-state index in [1.54, 1.807) is 0 Å². The molecule has 1 N–H and O–H groups in total. The van der Waals surface area contributed by atoms with E-state index < -0.39 is 36.0 Å². The lowest BCUT2D eigenvalue weighted by molar-refractivity contribution is -0.184. The Bertz CT molecular complexity index is 341. The van der Waals surface area contributed by atoms with Crippen molar-refractivity contribution in [1.82, 2.24) is 10.2 Å². The Hall–Kier alpha value is -0.890. The maximum atomic E-state index is 13.0. The zero-order valence-corrected chi connectivity index (χ0v) is 9.89. The van der Waals surface area contributed by atoms with Gasteiger partial charge in [-0.15, -0.1) is 11.6 Å². The molecule has 1 heterocycles. The predicted molar refractivity (Wildman–Crippen MR) is 55.0 cm³/mol. The number of ketones is 1. The summed E-state index contributed by atoms with van der Waals surface area (Å²) in [6.45, 7) is -0.165. The van der Waals surface area contributed by atoms with Crippen LogP contribution in [0.4, 0.5) is 17.6 Å². The van der Waals surface area contributed by atoms with Gasteiger partial charge >= 0.3 is 12.3 Å². The molecule has 4 nitrogen and oxygen atoms in total. The minimum absolute atomic E-state index is 0.0728. The molecular weight excluding hydrogens is 280 g/mol. The van der Waals surface area contributed by atoms with Crippen molar-refractivity contribution < 1.29 is 27.2 Å². The predicted octanol–water partition coefficient (Wildman–Crippen LogP) is 0.495. The number of piperazine rings is 1. The molecule has 1 aliphatic rings. The van der Waals surface area contributed by atoms with Gasteiger partial charge in [-0.2, -0.15) is 8.78 Å². The van der Waals surface area contributed by atoms with Gasteiger partial charge in [-0.05, 0) is 0 Å². The first-order valence-corrected chi connectivity index (χ1v) is 5.62. The van der Waals surface area contributed by atoms with Crippen molar-refractivity contribution in [3.63, 3.8) is 0 Å². The third kappa shape index (κ3) is 2.92. The van der Waals surface area contributed by atoms with Crippen molar-refractivity contribution in [1.29, 1.82) is 0 Å². The highest BCUT2D eigenvalue weighted by Crippen LogP contribution is 2.26. The van der Waals surface area contributed by atoms with Gasteiger partial charge in [0.15, 0.2) is 5.78 Å². The quantitative estimate of drug-likeness (QED) is 0.606. The molecule has 0 aromatic heterocycles. The summed E-state index contributed by atoms with van der Waals surface area (Å²) in [6.07, 6.45) is -4.10. The van der Waals surface area contributed by atoms with Crippen molar-refractivity contribution in [2.45, 2.75) is 18.4 Å². The number of carbonyl (C=O) groups excluding carboxylic acids is 2. The van der Waals surface area contributed by atoms with Gasteiger partial charge in [0.2, 0.25) is 0 Å². The van der Waals surface area contributed by atoms with Crippen molar-refractivity contribution in [3.8, 4) is 0 Å². The summed E-state index contributed by atoms with van der Waals surface area (Å²) in [5.41, 5.74) is 0. The van der Waals surface area contributed by atoms with Gasteiger partial charge in [0, 0.05) is 19.6 Å². The second-order valence-electron chi connectivity index (χ2n) is 3.74. The average Bonchev–Trinajstić information content (AvgIpc) is 2.36. The minimum atomic E-state index is -4.79. The SMILES string of the molecule is O=C(CCl)C1CNCCN1C(=O)C(F)(F)C(F)F. The molecule has 1 unspecified atom stereocenters. The summed E-state index contributed by atoms with van der Waals surface area (Å²) < 4.78 is 50.1. The van der Waals surface area contributed by atoms with Crippen LogP contribution in [0, 0.1) is 0 Å². The Morgan fingerprint density at radius 1 is 1.44 bits per heavy atom. The molecule has 0 aromatic carbocycles. The third-order valence-corrected chi connectivity index (χ3v) is 2.83. The van der Waals surface area contributed by atoms with Gasteiger partial charge in [-0.25, -0.2) is 8.78 Å². The molecule has 1 fully saturated rings. The number of amides is 1. The van der Waals surface area contributed by atoms with Crippen LogP contribution in [0.15, 0.2) is 0 Å². The fourth-order valence-electron chi connectivity index (χ4n) is 1.61. The molecule has 18 heavy (non-hydrogen) atoms. The van der Waals surface area contributed by atoms with Crippen LogP contribution < -0.4 is 5.32 Å². The largest absolute Gasteiger partial charge is 0.383 e. The molecule has 1 saturated heterocycles. The Kier molecular flexibility index (Phi) is 4.92. The summed E-state index contributed by atoms with van der Waals surface area (Å²) in [5, 5.41) is 2.71. The second kappa shape index (κ2) is 5.83. The number of carbonyl (C=O) groups is 2. The first-order chi connectivity index (χ1) is 8.32. The van der Waals surface area contributed by atoms with Crippen molar-refractivity contribution >= 4 is 23.3 Å². The Morgan fingerprint density at radius 2 is 2.06 bits per heavy atom. The lowest BCUT2D eigenvalue weighted by Crippen LogP contribution is -2.61. The monoisotopic (exact) mass is 290 g/mol. The van der Waals surface area contributed by atoms with Crippen molar-refractivity contribution in [2.75, 3.05) is 25.5 Å². The summed E-state index contributed by atoms with van der Waals surface area (Å²) in [7, 11) is 0. The van der Waals surface area contributed by atoms with Crippen LogP contribution in [0.3, 0.4) is 0 Å². The summed E-state index contributed by atoms with van der Waals surface area (Å²) in [4.78, 5) is 23.2. The normalized spacial score (nSPS) is 21.2. The smallest absolute Gasteiger partial charge is 0.325 e. The molecular formula is C9H11ClF4N2O2. The minimum Gasteiger partial charge on any atom is -0.325 e. The third-order valence-electron chi connectivity index (χ3n) is 2.57. The zero-order valence-electron chi connectivity index (χ0n) is 9.14. The molecule has 1 amide bonds. The van der Waals surface area contributed by atoms with Gasteiger partial charge in [0.05, 0.1) is 5.88 Å². The highest BCUT2D eigenvalue weighted by Gasteiger charge is 2.53. The molecule has 0 radical (unpaired) electrons. The lowest BCUT2D eigenvalue weighted by atomic mass is 10.1. The van der Waals surface area contributed by atoms with Gasteiger partial charge in [0.25, 0.3) is 5.91 Å². The maximum absolute atomic E-state index is 13.0. The van der Waals surface area contributed by atoms with E-state index in [-0.39, 0.29) is 19.6 Å². The lowest BCUT2D eigenvalue weighted by Gasteiger charge is -2.36. The van der Waals surface area contributed by atoms with E-state index in [2.05, 4.69) is 5.32 Å². The van der Waals surface area contributed by atoms with Crippen LogP contribution in [0.25, 0.3) is 0 Å². The fourth-order valence-corrected chi connectivity index (χ4v) is 1.79. The molecule has 0 saturated carbocycles. The molecule has 0 spiro atoms. The van der Waals surface area contributed by atoms with Crippen LogP contribution in [-0.2, 0) is 9.59 Å². The number of alkyl halides is 5. The molecule has 1 aliphatic heterocycles. The van der Waals surface area contributed by atoms with Gasteiger partial charge in [-0.1, -0.05) is 0 Å². The summed E-state index contributed by atoms with van der Waals surface area (Å²) in [6, 6.07) is -1.23. The topological polar surface area (TPSA) is 49.4 Å². The molecule has 1 rings (SSSR count). The van der Waals surface area contributed by atoms with Crippen LogP contribution in [0.5, 0.6) is 0 Å². The molecule has 0 aliphatic carbocycles. The first-order valence-electron chi connectivity index (χ1n) is 5.08. The highest BCUT2D eigenvalue weighted by molar-refractivity contribution is 6.28.